The van der Waals surface area contributed by atoms with Crippen LogP contribution in [0.1, 0.15) is 57.3 Å². The fourth-order valence-corrected chi connectivity index (χ4v) is 4.57. The van der Waals surface area contributed by atoms with Gasteiger partial charge in [-0.2, -0.15) is 4.39 Å². The van der Waals surface area contributed by atoms with Gasteiger partial charge in [-0.1, -0.05) is 68.7 Å². The Bertz CT molecular complexity index is 1200. The minimum Gasteiger partial charge on any atom is -0.490 e. The molecule has 1 saturated heterocycles. The molecule has 1 heterocycles. The van der Waals surface area contributed by atoms with Gasteiger partial charge in [0.25, 0.3) is 0 Å². The van der Waals surface area contributed by atoms with Crippen LogP contribution in [0.3, 0.4) is 0 Å². The molecule has 1 fully saturated rings. The van der Waals surface area contributed by atoms with Crippen molar-refractivity contribution in [1.29, 1.82) is 0 Å². The van der Waals surface area contributed by atoms with Crippen LogP contribution in [0.4, 0.5) is 13.2 Å². The fourth-order valence-electron chi connectivity index (χ4n) is 4.57. The van der Waals surface area contributed by atoms with E-state index in [-0.39, 0.29) is 11.3 Å². The molecule has 3 aromatic rings. The Hall–Kier alpha value is -3.09. The molecule has 0 N–H and O–H groups in total. The number of unbranched alkanes of at least 4 members (excludes halogenated alkanes) is 3. The zero-order chi connectivity index (χ0) is 26.9. The Balaban J connectivity index is 1.41. The number of ether oxygens (including phenoxy) is 3. The number of halogens is 3. The van der Waals surface area contributed by atoms with Crippen LogP contribution in [0.25, 0.3) is 22.3 Å². The molecule has 0 unspecified atom stereocenters. The molecule has 0 radical (unpaired) electrons. The van der Waals surface area contributed by atoms with Gasteiger partial charge in [-0.25, -0.2) is 8.78 Å². The van der Waals surface area contributed by atoms with Crippen LogP contribution in [0, 0.1) is 23.4 Å². The van der Waals surface area contributed by atoms with Crippen LogP contribution in [0.5, 0.6) is 5.75 Å². The van der Waals surface area contributed by atoms with Crippen molar-refractivity contribution in [1.82, 2.24) is 0 Å². The molecule has 0 spiro atoms. The predicted octanol–water partition coefficient (Wildman–Crippen LogP) is 9.02. The third-order valence-corrected chi connectivity index (χ3v) is 6.82. The summed E-state index contributed by atoms with van der Waals surface area (Å²) in [6, 6.07) is 14.6. The highest BCUT2D eigenvalue weighted by atomic mass is 19.2. The van der Waals surface area contributed by atoms with Crippen molar-refractivity contribution < 1.29 is 27.4 Å². The number of hydrogen-bond acceptors (Lipinski definition) is 3. The number of hydrogen-bond donors (Lipinski definition) is 0. The summed E-state index contributed by atoms with van der Waals surface area (Å²) in [5.41, 5.74) is 2.27. The van der Waals surface area contributed by atoms with Gasteiger partial charge in [-0.3, -0.25) is 0 Å². The summed E-state index contributed by atoms with van der Waals surface area (Å²) in [5.74, 6) is -2.14. The van der Waals surface area contributed by atoms with Crippen molar-refractivity contribution >= 4 is 0 Å². The first-order chi connectivity index (χ1) is 18.5. The SMILES string of the molecule is C=CCCC1COC(c2ccc(-c3ccc(-c4ccc(OCCCCCC)c(F)c4F)cc3)c(F)c2)OC1. The van der Waals surface area contributed by atoms with E-state index in [9.17, 15) is 8.78 Å². The average molecular weight is 525 g/mol. The zero-order valence-corrected chi connectivity index (χ0v) is 21.9. The maximum Gasteiger partial charge on any atom is 0.201 e. The van der Waals surface area contributed by atoms with Gasteiger partial charge in [0.15, 0.2) is 17.9 Å². The second kappa shape index (κ2) is 13.6. The predicted molar refractivity (Wildman–Crippen MR) is 144 cm³/mol. The smallest absolute Gasteiger partial charge is 0.201 e. The lowest BCUT2D eigenvalue weighted by Crippen LogP contribution is -2.27. The minimum atomic E-state index is -0.997. The number of allylic oxidation sites excluding steroid dienone is 1. The van der Waals surface area contributed by atoms with E-state index in [1.54, 1.807) is 36.4 Å². The van der Waals surface area contributed by atoms with Crippen molar-refractivity contribution in [2.24, 2.45) is 5.92 Å². The Kier molecular flexibility index (Phi) is 10.0. The molecule has 38 heavy (non-hydrogen) atoms. The summed E-state index contributed by atoms with van der Waals surface area (Å²) in [6.07, 6.45) is 7.11. The quantitative estimate of drug-likeness (QED) is 0.175. The first kappa shape index (κ1) is 27.9. The van der Waals surface area contributed by atoms with Crippen molar-refractivity contribution in [2.75, 3.05) is 19.8 Å². The van der Waals surface area contributed by atoms with Gasteiger partial charge >= 0.3 is 0 Å². The molecule has 1 aliphatic heterocycles. The molecule has 3 nitrogen and oxygen atoms in total. The van der Waals surface area contributed by atoms with Crippen LogP contribution < -0.4 is 4.74 Å². The normalized spacial score (nSPS) is 17.4. The van der Waals surface area contributed by atoms with Crippen LogP contribution in [0.2, 0.25) is 0 Å². The molecule has 4 rings (SSSR count). The minimum absolute atomic E-state index is 0.0836. The van der Waals surface area contributed by atoms with E-state index >= 15 is 4.39 Å². The van der Waals surface area contributed by atoms with Gasteiger partial charge in [0.05, 0.1) is 19.8 Å². The first-order valence-electron chi connectivity index (χ1n) is 13.4. The summed E-state index contributed by atoms with van der Waals surface area (Å²) >= 11 is 0. The third kappa shape index (κ3) is 6.86. The second-order valence-corrected chi connectivity index (χ2v) is 9.70. The van der Waals surface area contributed by atoms with Crippen molar-refractivity contribution in [3.05, 3.63) is 90.3 Å². The molecule has 0 aliphatic carbocycles. The van der Waals surface area contributed by atoms with Gasteiger partial charge in [0, 0.05) is 22.6 Å². The second-order valence-electron chi connectivity index (χ2n) is 9.70. The summed E-state index contributed by atoms with van der Waals surface area (Å²) in [6.45, 7) is 7.32. The topological polar surface area (TPSA) is 27.7 Å². The summed E-state index contributed by atoms with van der Waals surface area (Å²) in [5, 5.41) is 0. The lowest BCUT2D eigenvalue weighted by atomic mass is 9.98. The molecular weight excluding hydrogens is 489 g/mol. The lowest BCUT2D eigenvalue weighted by Gasteiger charge is -2.29. The van der Waals surface area contributed by atoms with Crippen LogP contribution in [-0.4, -0.2) is 19.8 Å². The van der Waals surface area contributed by atoms with E-state index in [0.29, 0.717) is 48.0 Å². The molecule has 0 amide bonds. The largest absolute Gasteiger partial charge is 0.490 e. The monoisotopic (exact) mass is 524 g/mol. The Labute approximate surface area is 223 Å². The molecule has 0 aromatic heterocycles. The van der Waals surface area contributed by atoms with E-state index in [1.165, 1.54) is 18.2 Å². The Morgan fingerprint density at radius 1 is 0.868 bits per heavy atom. The zero-order valence-electron chi connectivity index (χ0n) is 21.9. The molecule has 1 aliphatic rings. The molecule has 3 aromatic carbocycles. The van der Waals surface area contributed by atoms with E-state index in [2.05, 4.69) is 13.5 Å². The highest BCUT2D eigenvalue weighted by Gasteiger charge is 2.24. The van der Waals surface area contributed by atoms with E-state index in [0.717, 1.165) is 38.5 Å². The van der Waals surface area contributed by atoms with Crippen LogP contribution in [-0.2, 0) is 9.47 Å². The first-order valence-corrected chi connectivity index (χ1v) is 13.4. The van der Waals surface area contributed by atoms with Crippen molar-refractivity contribution in [2.45, 2.75) is 51.7 Å². The molecule has 0 atom stereocenters. The standard InChI is InChI=1S/C32H35F3O3/c1-3-5-7-8-18-36-29-17-16-27(30(34)31(29)35)24-12-10-23(11-13-24)26-15-14-25(19-28(26)33)32-37-20-22(21-38-32)9-6-4-2/h4,10-17,19,22,32H,2-3,5-9,18,20-21H2,1H3. The van der Waals surface area contributed by atoms with Gasteiger partial charge in [-0.05, 0) is 48.6 Å². The molecular formula is C32H35F3O3. The van der Waals surface area contributed by atoms with Gasteiger partial charge in [0.2, 0.25) is 5.82 Å². The number of benzene rings is 3. The molecule has 0 bridgehead atoms. The average Bonchev–Trinajstić information content (AvgIpc) is 2.94. The van der Waals surface area contributed by atoms with Crippen LogP contribution >= 0.6 is 0 Å². The van der Waals surface area contributed by atoms with Gasteiger partial charge in [-0.15, -0.1) is 6.58 Å². The molecule has 202 valence electrons. The summed E-state index contributed by atoms with van der Waals surface area (Å²) in [7, 11) is 0. The Morgan fingerprint density at radius 3 is 2.21 bits per heavy atom. The summed E-state index contributed by atoms with van der Waals surface area (Å²) < 4.78 is 61.5. The Morgan fingerprint density at radius 2 is 1.55 bits per heavy atom. The van der Waals surface area contributed by atoms with E-state index < -0.39 is 23.7 Å². The van der Waals surface area contributed by atoms with Crippen LogP contribution in [0.15, 0.2) is 67.3 Å². The van der Waals surface area contributed by atoms with Gasteiger partial charge in [0.1, 0.15) is 5.82 Å². The van der Waals surface area contributed by atoms with E-state index in [4.69, 9.17) is 14.2 Å². The maximum atomic E-state index is 15.0. The molecule has 6 heteroatoms. The highest BCUT2D eigenvalue weighted by Crippen LogP contribution is 2.34. The highest BCUT2D eigenvalue weighted by molar-refractivity contribution is 5.71. The number of rotatable bonds is 12. The third-order valence-electron chi connectivity index (χ3n) is 6.82. The fraction of sp³-hybridized carbons (Fsp3) is 0.375. The van der Waals surface area contributed by atoms with E-state index in [1.807, 2.05) is 6.08 Å². The van der Waals surface area contributed by atoms with Crippen molar-refractivity contribution in [3.63, 3.8) is 0 Å². The van der Waals surface area contributed by atoms with Crippen molar-refractivity contribution in [3.8, 4) is 28.0 Å². The lowest BCUT2D eigenvalue weighted by molar-refractivity contribution is -0.205. The maximum absolute atomic E-state index is 15.0. The molecule has 0 saturated carbocycles. The summed E-state index contributed by atoms with van der Waals surface area (Å²) in [4.78, 5) is 0. The van der Waals surface area contributed by atoms with Gasteiger partial charge < -0.3 is 14.2 Å².